The van der Waals surface area contributed by atoms with E-state index in [4.69, 9.17) is 9.78 Å². The number of thioether (sulfide) groups is 1. The third kappa shape index (κ3) is 5.46. The van der Waals surface area contributed by atoms with Gasteiger partial charge in [0.15, 0.2) is 0 Å². The number of nitriles is 1. The summed E-state index contributed by atoms with van der Waals surface area (Å²) in [7, 11) is 0. The fourth-order valence-electron chi connectivity index (χ4n) is 3.61. The lowest BCUT2D eigenvalue weighted by molar-refractivity contribution is -0.136. The molecule has 0 saturated carbocycles. The lowest BCUT2D eigenvalue weighted by atomic mass is 10.0. The maximum atomic E-state index is 12.9. The number of carbonyl (C=O) groups is 2. The highest BCUT2D eigenvalue weighted by Gasteiger charge is 2.34. The third-order valence-corrected chi connectivity index (χ3v) is 6.66. The van der Waals surface area contributed by atoms with E-state index in [0.29, 0.717) is 46.9 Å². The maximum Gasteiger partial charge on any atom is 0.248 e. The van der Waals surface area contributed by atoms with E-state index in [2.05, 4.69) is 29.3 Å². The summed E-state index contributed by atoms with van der Waals surface area (Å²) in [5.74, 6) is 1.95. The van der Waals surface area contributed by atoms with Crippen LogP contribution in [0, 0.1) is 11.3 Å². The molecule has 3 aromatic rings. The predicted octanol–water partition coefficient (Wildman–Crippen LogP) is 4.20. The molecule has 1 N–H and O–H groups in total. The number of nitrogens with one attached hydrogen (secondary N) is 1. The standard InChI is InChI=1S/C25H25N5O3S/c1-16(2)18-5-7-19(8-6-18)24-28-22(33-29-24)11-12-23(31)30-15-34-14-21(30)25(32)27-20-9-3-17(13-26)4-10-20/h3-10,16,21H,11-12,14-15H2,1-2H3,(H,27,32). The van der Waals surface area contributed by atoms with Gasteiger partial charge in [0.05, 0.1) is 17.5 Å². The smallest absolute Gasteiger partial charge is 0.248 e. The van der Waals surface area contributed by atoms with Gasteiger partial charge in [-0.1, -0.05) is 43.3 Å². The molecule has 9 heteroatoms. The fourth-order valence-corrected chi connectivity index (χ4v) is 4.79. The Labute approximate surface area is 202 Å². The van der Waals surface area contributed by atoms with Crippen LogP contribution in [0.25, 0.3) is 11.4 Å². The number of aryl methyl sites for hydroxylation is 1. The van der Waals surface area contributed by atoms with Crippen LogP contribution in [0.4, 0.5) is 5.69 Å². The zero-order valence-corrected chi connectivity index (χ0v) is 19.8. The first-order valence-corrected chi connectivity index (χ1v) is 12.2. The van der Waals surface area contributed by atoms with Gasteiger partial charge in [-0.2, -0.15) is 10.2 Å². The molecule has 1 aliphatic rings. The Bertz CT molecular complexity index is 1200. The molecule has 0 aliphatic carbocycles. The molecule has 1 unspecified atom stereocenters. The van der Waals surface area contributed by atoms with Crippen molar-refractivity contribution < 1.29 is 14.1 Å². The van der Waals surface area contributed by atoms with E-state index in [1.807, 2.05) is 30.3 Å². The minimum absolute atomic E-state index is 0.133. The van der Waals surface area contributed by atoms with Crippen LogP contribution in [0.2, 0.25) is 0 Å². The van der Waals surface area contributed by atoms with Gasteiger partial charge in [-0.05, 0) is 35.7 Å². The second-order valence-corrected chi connectivity index (χ2v) is 9.35. The molecule has 4 rings (SSSR count). The first-order valence-electron chi connectivity index (χ1n) is 11.1. The highest BCUT2D eigenvalue weighted by Crippen LogP contribution is 2.24. The van der Waals surface area contributed by atoms with Crippen molar-refractivity contribution in [2.24, 2.45) is 0 Å². The van der Waals surface area contributed by atoms with Gasteiger partial charge in [-0.25, -0.2) is 0 Å². The van der Waals surface area contributed by atoms with Gasteiger partial charge in [0.25, 0.3) is 0 Å². The van der Waals surface area contributed by atoms with Gasteiger partial charge < -0.3 is 14.7 Å². The summed E-state index contributed by atoms with van der Waals surface area (Å²) < 4.78 is 5.34. The molecule has 1 aromatic heterocycles. The average molecular weight is 476 g/mol. The van der Waals surface area contributed by atoms with Gasteiger partial charge >= 0.3 is 0 Å². The lowest BCUT2D eigenvalue weighted by Crippen LogP contribution is -2.44. The largest absolute Gasteiger partial charge is 0.339 e. The summed E-state index contributed by atoms with van der Waals surface area (Å²) in [4.78, 5) is 31.6. The minimum Gasteiger partial charge on any atom is -0.339 e. The first-order chi connectivity index (χ1) is 16.4. The molecular formula is C25H25N5O3S. The van der Waals surface area contributed by atoms with Crippen LogP contribution in [0.15, 0.2) is 53.1 Å². The van der Waals surface area contributed by atoms with Crippen LogP contribution in [0.1, 0.15) is 43.2 Å². The van der Waals surface area contributed by atoms with Crippen molar-refractivity contribution >= 4 is 29.3 Å². The molecule has 1 fully saturated rings. The zero-order valence-electron chi connectivity index (χ0n) is 19.0. The van der Waals surface area contributed by atoms with E-state index in [9.17, 15) is 9.59 Å². The van der Waals surface area contributed by atoms with E-state index < -0.39 is 6.04 Å². The predicted molar refractivity (Wildman–Crippen MR) is 130 cm³/mol. The molecule has 0 bridgehead atoms. The van der Waals surface area contributed by atoms with Crippen LogP contribution in [-0.4, -0.2) is 44.5 Å². The van der Waals surface area contributed by atoms with Gasteiger partial charge in [0, 0.05) is 29.8 Å². The van der Waals surface area contributed by atoms with Crippen LogP contribution in [-0.2, 0) is 16.0 Å². The van der Waals surface area contributed by atoms with E-state index >= 15 is 0 Å². The number of rotatable bonds is 7. The number of aromatic nitrogens is 2. The summed E-state index contributed by atoms with van der Waals surface area (Å²) in [6, 6.07) is 16.1. The summed E-state index contributed by atoms with van der Waals surface area (Å²) in [5, 5.41) is 15.8. The van der Waals surface area contributed by atoms with Gasteiger partial charge in [-0.15, -0.1) is 11.8 Å². The van der Waals surface area contributed by atoms with Crippen LogP contribution < -0.4 is 5.32 Å². The van der Waals surface area contributed by atoms with E-state index in [1.165, 1.54) is 17.3 Å². The van der Waals surface area contributed by atoms with Crippen molar-refractivity contribution in [1.29, 1.82) is 5.26 Å². The van der Waals surface area contributed by atoms with E-state index in [-0.39, 0.29) is 18.2 Å². The molecule has 2 aromatic carbocycles. The van der Waals surface area contributed by atoms with Crippen LogP contribution in [0.3, 0.4) is 0 Å². The second-order valence-electron chi connectivity index (χ2n) is 8.35. The fraction of sp³-hybridized carbons (Fsp3) is 0.320. The molecule has 2 heterocycles. The number of amides is 2. The highest BCUT2D eigenvalue weighted by molar-refractivity contribution is 7.99. The van der Waals surface area contributed by atoms with Gasteiger partial charge in [0.1, 0.15) is 6.04 Å². The Kier molecular flexibility index (Phi) is 7.28. The zero-order chi connectivity index (χ0) is 24.1. The number of nitrogens with zero attached hydrogens (tertiary/aromatic N) is 4. The minimum atomic E-state index is -0.550. The maximum absolute atomic E-state index is 12.9. The van der Waals surface area contributed by atoms with Gasteiger partial charge in [-0.3, -0.25) is 9.59 Å². The Morgan fingerprint density at radius 2 is 1.94 bits per heavy atom. The summed E-state index contributed by atoms with van der Waals surface area (Å²) in [6.45, 7) is 4.27. The monoisotopic (exact) mass is 475 g/mol. The number of anilines is 1. The van der Waals surface area contributed by atoms with E-state index in [1.54, 1.807) is 29.2 Å². The molecule has 0 radical (unpaired) electrons. The number of hydrogen-bond donors (Lipinski definition) is 1. The lowest BCUT2D eigenvalue weighted by Gasteiger charge is -2.23. The van der Waals surface area contributed by atoms with Crippen molar-refractivity contribution in [3.05, 3.63) is 65.5 Å². The molecule has 8 nitrogen and oxygen atoms in total. The Hall–Kier alpha value is -3.64. The third-order valence-electron chi connectivity index (χ3n) is 5.64. The normalized spacial score (nSPS) is 15.4. The van der Waals surface area contributed by atoms with Gasteiger partial charge in [0.2, 0.25) is 23.5 Å². The van der Waals surface area contributed by atoms with E-state index in [0.717, 1.165) is 5.56 Å². The highest BCUT2D eigenvalue weighted by atomic mass is 32.2. The molecular weight excluding hydrogens is 450 g/mol. The van der Waals surface area contributed by atoms with Crippen LogP contribution >= 0.6 is 11.8 Å². The topological polar surface area (TPSA) is 112 Å². The SMILES string of the molecule is CC(C)c1ccc(-c2noc(CCC(=O)N3CSCC3C(=O)Nc3ccc(C#N)cc3)n2)cc1. The van der Waals surface area contributed by atoms with Crippen molar-refractivity contribution in [1.82, 2.24) is 15.0 Å². The molecule has 2 amide bonds. The van der Waals surface area contributed by atoms with Crippen molar-refractivity contribution in [3.8, 4) is 17.5 Å². The van der Waals surface area contributed by atoms with Crippen LogP contribution in [0.5, 0.6) is 0 Å². The molecule has 1 atom stereocenters. The number of benzene rings is 2. The first kappa shape index (κ1) is 23.5. The Balaban J connectivity index is 1.33. The summed E-state index contributed by atoms with van der Waals surface area (Å²) in [5.41, 5.74) is 3.21. The molecule has 1 saturated heterocycles. The summed E-state index contributed by atoms with van der Waals surface area (Å²) in [6.07, 6.45) is 0.482. The quantitative estimate of drug-likeness (QED) is 0.545. The Morgan fingerprint density at radius 3 is 2.62 bits per heavy atom. The summed E-state index contributed by atoms with van der Waals surface area (Å²) >= 11 is 1.54. The average Bonchev–Trinajstić information content (AvgIpc) is 3.53. The van der Waals surface area contributed by atoms with Crippen molar-refractivity contribution in [2.75, 3.05) is 16.9 Å². The second kappa shape index (κ2) is 10.5. The number of hydrogen-bond acceptors (Lipinski definition) is 7. The molecule has 174 valence electrons. The Morgan fingerprint density at radius 1 is 1.21 bits per heavy atom. The number of carbonyl (C=O) groups excluding carboxylic acids is 2. The molecule has 0 spiro atoms. The van der Waals surface area contributed by atoms with Crippen molar-refractivity contribution in [3.63, 3.8) is 0 Å². The molecule has 34 heavy (non-hydrogen) atoms. The molecule has 1 aliphatic heterocycles. The van der Waals surface area contributed by atoms with Crippen molar-refractivity contribution in [2.45, 2.75) is 38.6 Å².